The number of rotatable bonds is 6. The number of ether oxygens (including phenoxy) is 2. The zero-order valence-corrected chi connectivity index (χ0v) is 9.13. The number of alkyl halides is 1. The summed E-state index contributed by atoms with van der Waals surface area (Å²) in [6.07, 6.45) is 0.458. The summed E-state index contributed by atoms with van der Waals surface area (Å²) in [6.45, 7) is 2.99. The molecule has 0 aliphatic carbocycles. The Hall–Kier alpha value is -0.320. The van der Waals surface area contributed by atoms with Crippen molar-refractivity contribution in [3.63, 3.8) is 0 Å². The van der Waals surface area contributed by atoms with E-state index >= 15 is 0 Å². The Bertz CT molecular complexity index is 189. The molecular formula is C9H16ClNO3. The third kappa shape index (κ3) is 3.82. The summed E-state index contributed by atoms with van der Waals surface area (Å²) in [7, 11) is 1.63. The van der Waals surface area contributed by atoms with E-state index in [1.165, 1.54) is 0 Å². The smallest absolute Gasteiger partial charge is 0.224 e. The van der Waals surface area contributed by atoms with Crippen LogP contribution in [0.25, 0.3) is 0 Å². The first-order valence-corrected chi connectivity index (χ1v) is 5.16. The molecule has 14 heavy (non-hydrogen) atoms. The van der Waals surface area contributed by atoms with Crippen molar-refractivity contribution in [1.29, 1.82) is 0 Å². The summed E-state index contributed by atoms with van der Waals surface area (Å²) in [6, 6.07) is 0. The van der Waals surface area contributed by atoms with Crippen LogP contribution in [0.4, 0.5) is 0 Å². The van der Waals surface area contributed by atoms with Gasteiger partial charge in [-0.2, -0.15) is 0 Å². The number of amides is 1. The summed E-state index contributed by atoms with van der Waals surface area (Å²) >= 11 is 5.84. The summed E-state index contributed by atoms with van der Waals surface area (Å²) in [5, 5.41) is -0.0264. The summed E-state index contributed by atoms with van der Waals surface area (Å²) in [5.74, 6) is 0.125. The zero-order valence-electron chi connectivity index (χ0n) is 8.37. The highest BCUT2D eigenvalue weighted by molar-refractivity contribution is 6.22. The monoisotopic (exact) mass is 221 g/mol. The van der Waals surface area contributed by atoms with Crippen LogP contribution in [0.1, 0.15) is 6.42 Å². The molecule has 0 spiro atoms. The highest BCUT2D eigenvalue weighted by Gasteiger charge is 2.27. The molecule has 1 atom stereocenters. The molecule has 0 N–H and O–H groups in total. The van der Waals surface area contributed by atoms with Crippen LogP contribution < -0.4 is 0 Å². The fourth-order valence-corrected chi connectivity index (χ4v) is 1.66. The molecule has 4 nitrogen and oxygen atoms in total. The van der Waals surface area contributed by atoms with Crippen molar-refractivity contribution in [3.8, 4) is 0 Å². The quantitative estimate of drug-likeness (QED) is 0.484. The van der Waals surface area contributed by atoms with Crippen molar-refractivity contribution in [3.05, 3.63) is 0 Å². The van der Waals surface area contributed by atoms with Gasteiger partial charge in [-0.25, -0.2) is 0 Å². The minimum atomic E-state index is -0.0264. The van der Waals surface area contributed by atoms with Gasteiger partial charge in [0.15, 0.2) is 0 Å². The second-order valence-corrected chi connectivity index (χ2v) is 3.86. The summed E-state index contributed by atoms with van der Waals surface area (Å²) in [5.41, 5.74) is 0. The van der Waals surface area contributed by atoms with Gasteiger partial charge in [0.2, 0.25) is 5.91 Å². The Morgan fingerprint density at radius 1 is 1.50 bits per heavy atom. The second kappa shape index (κ2) is 6.22. The van der Waals surface area contributed by atoms with Gasteiger partial charge in [0.1, 0.15) is 0 Å². The van der Waals surface area contributed by atoms with Gasteiger partial charge in [-0.15, -0.1) is 11.6 Å². The van der Waals surface area contributed by atoms with Gasteiger partial charge in [0.05, 0.1) is 25.2 Å². The molecule has 1 unspecified atom stereocenters. The number of methoxy groups -OCH3 is 1. The fraction of sp³-hybridized carbons (Fsp3) is 0.889. The van der Waals surface area contributed by atoms with Crippen molar-refractivity contribution < 1.29 is 14.3 Å². The molecule has 0 bridgehead atoms. The van der Waals surface area contributed by atoms with Crippen LogP contribution in [0.5, 0.6) is 0 Å². The van der Waals surface area contributed by atoms with E-state index < -0.39 is 0 Å². The second-order valence-electron chi connectivity index (χ2n) is 3.25. The Kier molecular flexibility index (Phi) is 5.22. The first kappa shape index (κ1) is 11.8. The van der Waals surface area contributed by atoms with Crippen LogP contribution in [0, 0.1) is 0 Å². The van der Waals surface area contributed by atoms with Crippen molar-refractivity contribution in [2.45, 2.75) is 11.8 Å². The Morgan fingerprint density at radius 3 is 2.86 bits per heavy atom. The third-order valence-electron chi connectivity index (χ3n) is 2.10. The lowest BCUT2D eigenvalue weighted by Crippen LogP contribution is -2.29. The largest absolute Gasteiger partial charge is 0.382 e. The van der Waals surface area contributed by atoms with Crippen molar-refractivity contribution >= 4 is 17.5 Å². The molecule has 1 heterocycles. The van der Waals surface area contributed by atoms with Crippen molar-refractivity contribution in [2.75, 3.05) is 40.0 Å². The lowest BCUT2D eigenvalue weighted by molar-refractivity contribution is -0.128. The Balaban J connectivity index is 2.04. The van der Waals surface area contributed by atoms with Gasteiger partial charge in [0, 0.05) is 26.6 Å². The van der Waals surface area contributed by atoms with Crippen LogP contribution in [0.3, 0.4) is 0 Å². The first-order chi connectivity index (χ1) is 6.74. The number of carbonyl (C=O) groups is 1. The van der Waals surface area contributed by atoms with E-state index in [1.54, 1.807) is 12.0 Å². The zero-order chi connectivity index (χ0) is 10.4. The maximum atomic E-state index is 11.3. The molecule has 1 aliphatic rings. The van der Waals surface area contributed by atoms with Crippen LogP contribution >= 0.6 is 11.6 Å². The standard InChI is InChI=1S/C9H16ClNO3/c1-13-4-5-14-3-2-11-7-8(10)6-9(11)12/h8H,2-7H2,1H3. The van der Waals surface area contributed by atoms with E-state index in [1.807, 2.05) is 0 Å². The molecule has 1 saturated heterocycles. The van der Waals surface area contributed by atoms with Crippen LogP contribution in [0.15, 0.2) is 0 Å². The predicted molar refractivity (Wildman–Crippen MR) is 53.5 cm³/mol. The molecular weight excluding hydrogens is 206 g/mol. The number of nitrogens with zero attached hydrogens (tertiary/aromatic N) is 1. The molecule has 82 valence electrons. The number of carbonyl (C=O) groups excluding carboxylic acids is 1. The fourth-order valence-electron chi connectivity index (χ4n) is 1.36. The van der Waals surface area contributed by atoms with E-state index in [0.29, 0.717) is 39.3 Å². The minimum absolute atomic E-state index is 0.0264. The summed E-state index contributed by atoms with van der Waals surface area (Å²) in [4.78, 5) is 13.0. The Labute approximate surface area is 89.1 Å². The van der Waals surface area contributed by atoms with Crippen LogP contribution in [-0.2, 0) is 14.3 Å². The number of hydrogen-bond donors (Lipinski definition) is 0. The topological polar surface area (TPSA) is 38.8 Å². The maximum absolute atomic E-state index is 11.3. The van der Waals surface area contributed by atoms with E-state index in [-0.39, 0.29) is 11.3 Å². The van der Waals surface area contributed by atoms with Gasteiger partial charge in [-0.3, -0.25) is 4.79 Å². The highest BCUT2D eigenvalue weighted by atomic mass is 35.5. The summed E-state index contributed by atoms with van der Waals surface area (Å²) < 4.78 is 10.1. The van der Waals surface area contributed by atoms with Crippen molar-refractivity contribution in [1.82, 2.24) is 4.90 Å². The first-order valence-electron chi connectivity index (χ1n) is 4.72. The van der Waals surface area contributed by atoms with E-state index in [0.717, 1.165) is 0 Å². The lowest BCUT2D eigenvalue weighted by Gasteiger charge is -2.15. The average Bonchev–Trinajstić information content (AvgIpc) is 2.45. The van der Waals surface area contributed by atoms with Gasteiger partial charge < -0.3 is 14.4 Å². The molecule has 0 radical (unpaired) electrons. The van der Waals surface area contributed by atoms with Gasteiger partial charge in [-0.05, 0) is 0 Å². The van der Waals surface area contributed by atoms with Gasteiger partial charge >= 0.3 is 0 Å². The molecule has 1 rings (SSSR count). The molecule has 1 amide bonds. The maximum Gasteiger partial charge on any atom is 0.224 e. The minimum Gasteiger partial charge on any atom is -0.382 e. The average molecular weight is 222 g/mol. The Morgan fingerprint density at radius 2 is 2.29 bits per heavy atom. The molecule has 1 aliphatic heterocycles. The van der Waals surface area contributed by atoms with Crippen LogP contribution in [-0.4, -0.2) is 56.2 Å². The molecule has 1 fully saturated rings. The third-order valence-corrected chi connectivity index (χ3v) is 2.40. The normalized spacial score (nSPS) is 22.0. The molecule has 0 aromatic carbocycles. The van der Waals surface area contributed by atoms with Crippen LogP contribution in [0.2, 0.25) is 0 Å². The number of halogens is 1. The lowest BCUT2D eigenvalue weighted by atomic mass is 10.4. The molecule has 0 aromatic rings. The highest BCUT2D eigenvalue weighted by Crippen LogP contribution is 2.15. The molecule has 5 heteroatoms. The number of likely N-dealkylation sites (tertiary alicyclic amines) is 1. The van der Waals surface area contributed by atoms with E-state index in [2.05, 4.69) is 0 Å². The van der Waals surface area contributed by atoms with Gasteiger partial charge in [0.25, 0.3) is 0 Å². The molecule has 0 aromatic heterocycles. The van der Waals surface area contributed by atoms with E-state index in [9.17, 15) is 4.79 Å². The molecule has 0 saturated carbocycles. The van der Waals surface area contributed by atoms with Crippen molar-refractivity contribution in [2.24, 2.45) is 0 Å². The van der Waals surface area contributed by atoms with E-state index in [4.69, 9.17) is 21.1 Å². The SMILES string of the molecule is COCCOCCN1CC(Cl)CC1=O. The number of hydrogen-bond acceptors (Lipinski definition) is 3. The predicted octanol–water partition coefficient (Wildman–Crippen LogP) is 0.489. The van der Waals surface area contributed by atoms with Gasteiger partial charge in [-0.1, -0.05) is 0 Å².